The molecule has 6 rings (SSSR count). The van der Waals surface area contributed by atoms with Crippen molar-refractivity contribution in [1.29, 1.82) is 0 Å². The molecule has 2 aliphatic heterocycles. The Labute approximate surface area is 328 Å². The Balaban J connectivity index is 1.43. The van der Waals surface area contributed by atoms with Crippen LogP contribution in [0.25, 0.3) is 10.8 Å². The lowest BCUT2D eigenvalue weighted by Crippen LogP contribution is -2.68. The lowest BCUT2D eigenvalue weighted by Gasteiger charge is -2.45. The molecule has 1 aromatic carbocycles. The lowest BCUT2D eigenvalue weighted by molar-refractivity contribution is -0.225. The maximum atomic E-state index is 14.9. The van der Waals surface area contributed by atoms with E-state index < -0.39 is 92.6 Å². The quantitative estimate of drug-likeness (QED) is 0.306. The van der Waals surface area contributed by atoms with E-state index in [4.69, 9.17) is 14.2 Å². The molecule has 19 heteroatoms. The molecule has 4 aliphatic rings. The van der Waals surface area contributed by atoms with Crippen LogP contribution >= 0.6 is 0 Å². The van der Waals surface area contributed by atoms with Gasteiger partial charge < -0.3 is 29.5 Å². The Morgan fingerprint density at radius 3 is 2.47 bits per heavy atom. The normalized spacial score (nSPS) is 28.5. The summed E-state index contributed by atoms with van der Waals surface area (Å²) in [7, 11) is -2.66. The largest absolute Gasteiger partial charge is 0.494 e. The number of hydrogen-bond donors (Lipinski definition) is 3. The minimum absolute atomic E-state index is 0.0270. The summed E-state index contributed by atoms with van der Waals surface area (Å²) >= 11 is 0. The van der Waals surface area contributed by atoms with Gasteiger partial charge in [0.15, 0.2) is 0 Å². The molecule has 6 atom stereocenters. The molecule has 0 unspecified atom stereocenters. The van der Waals surface area contributed by atoms with Crippen LogP contribution in [0.2, 0.25) is 0 Å². The third-order valence-electron chi connectivity index (χ3n) is 11.7. The second-order valence-corrected chi connectivity index (χ2v) is 18.1. The van der Waals surface area contributed by atoms with Crippen LogP contribution in [0.15, 0.2) is 42.6 Å². The van der Waals surface area contributed by atoms with Crippen LogP contribution < -0.4 is 19.5 Å². The van der Waals surface area contributed by atoms with E-state index in [1.807, 2.05) is 0 Å². The fourth-order valence-electron chi connectivity index (χ4n) is 7.57. The molecule has 2 aromatic rings. The number of allylic oxidation sites excluding steroid dienone is 1. The van der Waals surface area contributed by atoms with E-state index in [-0.39, 0.29) is 36.6 Å². The summed E-state index contributed by atoms with van der Waals surface area (Å²) in [6, 6.07) is 3.39. The van der Waals surface area contributed by atoms with Gasteiger partial charge in [-0.25, -0.2) is 18.2 Å². The minimum atomic E-state index is -5.14. The van der Waals surface area contributed by atoms with Gasteiger partial charge in [-0.1, -0.05) is 37.3 Å². The number of carbonyl (C=O) groups excluding carboxylic acids is 3. The number of aromatic nitrogens is 1. The van der Waals surface area contributed by atoms with E-state index >= 15 is 0 Å². The van der Waals surface area contributed by atoms with Crippen LogP contribution in [0, 0.1) is 5.92 Å². The number of benzene rings is 1. The molecular weight excluding hydrogens is 776 g/mol. The Hall–Kier alpha value is -4.65. The summed E-state index contributed by atoms with van der Waals surface area (Å²) in [5.74, 6) is -3.11. The molecule has 57 heavy (non-hydrogen) atoms. The monoisotopic (exact) mass is 823 g/mol. The van der Waals surface area contributed by atoms with Crippen molar-refractivity contribution in [3.63, 3.8) is 0 Å². The van der Waals surface area contributed by atoms with Gasteiger partial charge in [0, 0.05) is 29.7 Å². The number of methoxy groups -OCH3 is 1. The number of pyridine rings is 1. The number of nitrogens with zero attached hydrogens (tertiary/aromatic N) is 3. The van der Waals surface area contributed by atoms with Crippen LogP contribution in [0.1, 0.15) is 72.6 Å². The maximum Gasteiger partial charge on any atom is 0.411 e. The van der Waals surface area contributed by atoms with Crippen molar-refractivity contribution >= 4 is 44.6 Å². The molecule has 15 nitrogen and oxygen atoms in total. The van der Waals surface area contributed by atoms with Gasteiger partial charge in [0.1, 0.15) is 35.0 Å². The van der Waals surface area contributed by atoms with Crippen molar-refractivity contribution in [2.45, 2.75) is 119 Å². The summed E-state index contributed by atoms with van der Waals surface area (Å²) in [5.41, 5.74) is -4.84. The number of sulfonamides is 1. The van der Waals surface area contributed by atoms with E-state index in [0.29, 0.717) is 56.1 Å². The molecule has 0 bridgehead atoms. The van der Waals surface area contributed by atoms with Crippen LogP contribution in [0.5, 0.6) is 11.6 Å². The second kappa shape index (κ2) is 15.3. The first-order valence-corrected chi connectivity index (χ1v) is 20.3. The molecule has 0 spiro atoms. The topological polar surface area (TPSA) is 194 Å². The third-order valence-corrected chi connectivity index (χ3v) is 13.8. The Morgan fingerprint density at radius 2 is 1.86 bits per heavy atom. The number of amides is 4. The van der Waals surface area contributed by atoms with Crippen molar-refractivity contribution in [3.8, 4) is 11.6 Å². The van der Waals surface area contributed by atoms with E-state index in [0.717, 1.165) is 4.90 Å². The van der Waals surface area contributed by atoms with Crippen molar-refractivity contribution in [2.24, 2.45) is 5.92 Å². The lowest BCUT2D eigenvalue weighted by atomic mass is 9.95. The predicted molar refractivity (Wildman–Crippen MR) is 199 cm³/mol. The average molecular weight is 824 g/mol. The zero-order valence-electron chi connectivity index (χ0n) is 32.3. The van der Waals surface area contributed by atoms with Gasteiger partial charge in [-0.3, -0.25) is 24.0 Å². The molecule has 3 heterocycles. The highest BCUT2D eigenvalue weighted by Crippen LogP contribution is 2.48. The predicted octanol–water partition coefficient (Wildman–Crippen LogP) is 4.30. The molecule has 2 saturated carbocycles. The number of carboxylic acid groups (broad SMARTS) is 1. The highest BCUT2D eigenvalue weighted by molar-refractivity contribution is 7.91. The standard InChI is InChI=1S/C38H48F3N5O10S/c1-6-27-29(46(34(50)51)35(2,3)38(39,40)41)32(48)45-21-23(56-31-25-14-10-9-13-24(25)28(54-5)20-42-31)18-26(45)30(47)43-37(19-22(37)12-8-7-11-17-55-27)33(49)44-57(52,53)36(4)15-16-36/h8-10,12-14,20,22-23,26-27,29H,6-7,11,15-19,21H2,1-5H3,(H,43,47)(H,44,49)(H,50,51)/b12-8-/t22-,23-,26+,27+,29+,37-/m1/s1. The summed E-state index contributed by atoms with van der Waals surface area (Å²) in [5, 5.41) is 14.3. The highest BCUT2D eigenvalue weighted by Gasteiger charge is 2.64. The SMILES string of the molecule is CC[C@@H]1OCCC/C=C\[C@@H]2C[C@@]2(C(=O)NS(=O)(=O)C2(C)CC2)NC(=O)[C@@H]2C[C@@H](Oc3ncc(OC)c4ccccc34)CN2C(=O)[C@H]1N(C(=O)O)C(C)(C)C(F)(F)F. The van der Waals surface area contributed by atoms with E-state index in [1.54, 1.807) is 43.3 Å². The molecule has 0 radical (unpaired) electrons. The first-order chi connectivity index (χ1) is 26.7. The minimum Gasteiger partial charge on any atom is -0.494 e. The second-order valence-electron chi connectivity index (χ2n) is 15.9. The number of fused-ring (bicyclic) bond motifs is 3. The summed E-state index contributed by atoms with van der Waals surface area (Å²) in [4.78, 5) is 61.6. The fraction of sp³-hybridized carbons (Fsp3) is 0.605. The zero-order valence-corrected chi connectivity index (χ0v) is 33.1. The summed E-state index contributed by atoms with van der Waals surface area (Å²) in [6.45, 7) is 3.88. The fourth-order valence-corrected chi connectivity index (χ4v) is 8.89. The zero-order chi connectivity index (χ0) is 41.7. The highest BCUT2D eigenvalue weighted by atomic mass is 32.2. The van der Waals surface area contributed by atoms with Gasteiger partial charge in [0.2, 0.25) is 27.7 Å². The van der Waals surface area contributed by atoms with Crippen LogP contribution in [-0.2, 0) is 29.1 Å². The summed E-state index contributed by atoms with van der Waals surface area (Å²) in [6.07, 6.45) is -3.69. The van der Waals surface area contributed by atoms with Gasteiger partial charge in [-0.15, -0.1) is 0 Å². The van der Waals surface area contributed by atoms with E-state index in [9.17, 15) is 45.9 Å². The number of rotatable bonds is 9. The molecule has 3 fully saturated rings. The average Bonchev–Trinajstić information content (AvgIpc) is 4.02. The van der Waals surface area contributed by atoms with Gasteiger partial charge >= 0.3 is 12.3 Å². The van der Waals surface area contributed by atoms with Gasteiger partial charge in [0.05, 0.1) is 30.7 Å². The number of carbonyl (C=O) groups is 4. The Bertz CT molecular complexity index is 2060. The molecule has 312 valence electrons. The number of alkyl halides is 3. The Morgan fingerprint density at radius 1 is 1.18 bits per heavy atom. The van der Waals surface area contributed by atoms with E-state index in [1.165, 1.54) is 20.2 Å². The van der Waals surface area contributed by atoms with E-state index in [2.05, 4.69) is 15.0 Å². The first-order valence-electron chi connectivity index (χ1n) is 18.9. The van der Waals surface area contributed by atoms with Gasteiger partial charge in [-0.2, -0.15) is 13.2 Å². The Kier molecular flexibility index (Phi) is 11.2. The number of ether oxygens (including phenoxy) is 3. The first kappa shape index (κ1) is 42.0. The third kappa shape index (κ3) is 7.83. The van der Waals surface area contributed by atoms with Crippen molar-refractivity contribution in [2.75, 3.05) is 20.3 Å². The number of nitrogens with one attached hydrogen (secondary N) is 2. The van der Waals surface area contributed by atoms with Crippen LogP contribution in [0.3, 0.4) is 0 Å². The number of halogens is 3. The maximum absolute atomic E-state index is 14.9. The smallest absolute Gasteiger partial charge is 0.411 e. The van der Waals surface area contributed by atoms with Crippen molar-refractivity contribution < 1.29 is 60.1 Å². The molecule has 2 aliphatic carbocycles. The summed E-state index contributed by atoms with van der Waals surface area (Å²) < 4.78 is 89.1. The van der Waals surface area contributed by atoms with Crippen molar-refractivity contribution in [1.82, 2.24) is 24.8 Å². The molecule has 4 amide bonds. The van der Waals surface area contributed by atoms with Crippen LogP contribution in [0.4, 0.5) is 18.0 Å². The molecule has 1 aromatic heterocycles. The van der Waals surface area contributed by atoms with Crippen molar-refractivity contribution in [3.05, 3.63) is 42.6 Å². The number of hydrogen-bond acceptors (Lipinski definition) is 10. The van der Waals surface area contributed by atoms with Crippen LogP contribution in [-0.4, -0.2) is 119 Å². The molecule has 3 N–H and O–H groups in total. The van der Waals surface area contributed by atoms with Gasteiger partial charge in [0.25, 0.3) is 5.91 Å². The molecular formula is C38H48F3N5O10S. The molecule has 1 saturated heterocycles. The van der Waals surface area contributed by atoms with Gasteiger partial charge in [-0.05, 0) is 65.4 Å².